The van der Waals surface area contributed by atoms with E-state index in [0.717, 1.165) is 5.56 Å². The molecule has 0 bridgehead atoms. The van der Waals surface area contributed by atoms with E-state index in [9.17, 15) is 9.18 Å². The van der Waals surface area contributed by atoms with Crippen LogP contribution in [0.4, 0.5) is 15.1 Å². The van der Waals surface area contributed by atoms with Crippen LogP contribution >= 0.6 is 11.6 Å². The second-order valence-electron chi connectivity index (χ2n) is 6.44. The fourth-order valence-electron chi connectivity index (χ4n) is 3.28. The van der Waals surface area contributed by atoms with Gasteiger partial charge in [-0.25, -0.2) is 13.7 Å². The Morgan fingerprint density at radius 1 is 1.26 bits per heavy atom. The Morgan fingerprint density at radius 2 is 2.04 bits per heavy atom. The number of pyridine rings is 1. The summed E-state index contributed by atoms with van der Waals surface area (Å²) in [7, 11) is 0. The number of carbonyl (C=O) groups is 1. The number of carboxylic acid groups (broad SMARTS) is 1. The molecule has 2 N–H and O–H groups in total. The Hall–Kier alpha value is -2.87. The lowest BCUT2D eigenvalue weighted by Gasteiger charge is -2.30. The van der Waals surface area contributed by atoms with Crippen molar-refractivity contribution in [2.45, 2.75) is 18.9 Å². The van der Waals surface area contributed by atoms with Crippen LogP contribution in [0.1, 0.15) is 12.8 Å². The molecule has 1 amide bonds. The van der Waals surface area contributed by atoms with Gasteiger partial charge < -0.3 is 15.3 Å². The van der Waals surface area contributed by atoms with Crippen LogP contribution < -0.4 is 5.32 Å². The summed E-state index contributed by atoms with van der Waals surface area (Å²) in [4.78, 5) is 17.0. The maximum atomic E-state index is 13.4. The molecule has 1 fully saturated rings. The third-order valence-electron chi connectivity index (χ3n) is 4.68. The summed E-state index contributed by atoms with van der Waals surface area (Å²) in [5.41, 5.74) is 2.04. The van der Waals surface area contributed by atoms with Gasteiger partial charge >= 0.3 is 6.09 Å². The molecular weight excluding hydrogens is 373 g/mol. The van der Waals surface area contributed by atoms with Crippen molar-refractivity contribution in [2.24, 2.45) is 0 Å². The molecule has 0 unspecified atom stereocenters. The fourth-order valence-corrected chi connectivity index (χ4v) is 3.55. The van der Waals surface area contributed by atoms with Gasteiger partial charge in [-0.15, -0.1) is 5.10 Å². The van der Waals surface area contributed by atoms with E-state index >= 15 is 0 Å². The minimum Gasteiger partial charge on any atom is -0.465 e. The van der Waals surface area contributed by atoms with Gasteiger partial charge in [0.25, 0.3) is 0 Å². The van der Waals surface area contributed by atoms with Gasteiger partial charge in [-0.3, -0.25) is 0 Å². The van der Waals surface area contributed by atoms with E-state index in [0.29, 0.717) is 48.1 Å². The minimum atomic E-state index is -0.889. The zero-order chi connectivity index (χ0) is 19.0. The number of aromatic nitrogens is 3. The van der Waals surface area contributed by atoms with Crippen molar-refractivity contribution in [1.29, 1.82) is 0 Å². The van der Waals surface area contributed by atoms with Gasteiger partial charge in [0, 0.05) is 36.5 Å². The highest BCUT2D eigenvalue weighted by Gasteiger charge is 2.23. The third kappa shape index (κ3) is 3.52. The van der Waals surface area contributed by atoms with Crippen molar-refractivity contribution >= 4 is 29.3 Å². The van der Waals surface area contributed by atoms with Gasteiger partial charge in [0.1, 0.15) is 5.82 Å². The minimum absolute atomic E-state index is 0.107. The highest BCUT2D eigenvalue weighted by Crippen LogP contribution is 2.31. The quantitative estimate of drug-likeness (QED) is 0.713. The van der Waals surface area contributed by atoms with Gasteiger partial charge in [-0.2, -0.15) is 4.98 Å². The summed E-state index contributed by atoms with van der Waals surface area (Å²) < 4.78 is 15.0. The van der Waals surface area contributed by atoms with Gasteiger partial charge in [0.15, 0.2) is 5.65 Å². The lowest BCUT2D eigenvalue weighted by Crippen LogP contribution is -2.41. The van der Waals surface area contributed by atoms with Crippen LogP contribution in [0, 0.1) is 5.82 Å². The number of anilines is 1. The van der Waals surface area contributed by atoms with E-state index in [-0.39, 0.29) is 6.04 Å². The zero-order valence-electron chi connectivity index (χ0n) is 14.3. The third-order valence-corrected chi connectivity index (χ3v) is 5.00. The Kier molecular flexibility index (Phi) is 4.57. The monoisotopic (exact) mass is 389 g/mol. The van der Waals surface area contributed by atoms with Gasteiger partial charge in [0.05, 0.1) is 5.02 Å². The van der Waals surface area contributed by atoms with Crippen LogP contribution in [0.5, 0.6) is 0 Å². The molecule has 0 saturated carbocycles. The lowest BCUT2D eigenvalue weighted by atomic mass is 10.1. The highest BCUT2D eigenvalue weighted by atomic mass is 35.5. The first-order chi connectivity index (χ1) is 13.0. The van der Waals surface area contributed by atoms with Crippen molar-refractivity contribution < 1.29 is 14.3 Å². The number of likely N-dealkylation sites (tertiary alicyclic amines) is 1. The molecule has 1 aliphatic heterocycles. The van der Waals surface area contributed by atoms with Crippen molar-refractivity contribution in [3.63, 3.8) is 0 Å². The lowest BCUT2D eigenvalue weighted by molar-refractivity contribution is 0.133. The first-order valence-electron chi connectivity index (χ1n) is 8.56. The van der Waals surface area contributed by atoms with Crippen LogP contribution in [0.3, 0.4) is 0 Å². The molecule has 2 aromatic heterocycles. The second-order valence-corrected chi connectivity index (χ2v) is 6.85. The number of nitrogens with zero attached hydrogens (tertiary/aromatic N) is 4. The maximum absolute atomic E-state index is 13.4. The van der Waals surface area contributed by atoms with Gasteiger partial charge in [-0.1, -0.05) is 11.6 Å². The summed E-state index contributed by atoms with van der Waals surface area (Å²) in [6.07, 6.45) is 2.28. The normalized spacial score (nSPS) is 15.3. The summed E-state index contributed by atoms with van der Waals surface area (Å²) in [6.45, 7) is 0.966. The summed E-state index contributed by atoms with van der Waals surface area (Å²) in [6, 6.07) is 8.04. The van der Waals surface area contributed by atoms with Crippen molar-refractivity contribution in [3.8, 4) is 11.1 Å². The molecule has 0 radical (unpaired) electrons. The SMILES string of the molecule is O=C(O)N1CCC(Nc2nc3c(-c4ccc(F)cc4Cl)cccn3n2)CC1. The molecule has 1 aromatic carbocycles. The molecule has 3 aromatic rings. The standard InChI is InChI=1S/C18H17ClFN5O2/c19-15-10-11(20)3-4-13(15)14-2-1-7-25-16(14)22-17(23-25)21-12-5-8-24(9-6-12)18(26)27/h1-4,7,10,12H,5-6,8-9H2,(H,21,23)(H,26,27). The maximum Gasteiger partial charge on any atom is 0.407 e. The number of fused-ring (bicyclic) bond motifs is 1. The van der Waals surface area contributed by atoms with Crippen LogP contribution in [0.2, 0.25) is 5.02 Å². The molecule has 27 heavy (non-hydrogen) atoms. The number of nitrogens with one attached hydrogen (secondary N) is 1. The van der Waals surface area contributed by atoms with E-state index in [2.05, 4.69) is 15.4 Å². The Labute approximate surface area is 159 Å². The average Bonchev–Trinajstić information content (AvgIpc) is 3.05. The molecule has 0 atom stereocenters. The number of hydrogen-bond acceptors (Lipinski definition) is 4. The molecule has 0 spiro atoms. The van der Waals surface area contributed by atoms with Crippen LogP contribution in [-0.2, 0) is 0 Å². The van der Waals surface area contributed by atoms with E-state index in [1.807, 2.05) is 12.1 Å². The molecule has 0 aliphatic carbocycles. The van der Waals surface area contributed by atoms with Crippen molar-refractivity contribution in [2.75, 3.05) is 18.4 Å². The fraction of sp³-hybridized carbons (Fsp3) is 0.278. The van der Waals surface area contributed by atoms with Crippen LogP contribution in [0.25, 0.3) is 16.8 Å². The van der Waals surface area contributed by atoms with Gasteiger partial charge in [-0.05, 0) is 43.2 Å². The van der Waals surface area contributed by atoms with Crippen LogP contribution in [0.15, 0.2) is 36.5 Å². The first-order valence-corrected chi connectivity index (χ1v) is 8.94. The van der Waals surface area contributed by atoms with E-state index < -0.39 is 11.9 Å². The van der Waals surface area contributed by atoms with Crippen molar-refractivity contribution in [3.05, 3.63) is 47.4 Å². The van der Waals surface area contributed by atoms with Crippen molar-refractivity contribution in [1.82, 2.24) is 19.5 Å². The predicted molar refractivity (Wildman–Crippen MR) is 99.6 cm³/mol. The molecule has 1 aliphatic rings. The topological polar surface area (TPSA) is 82.8 Å². The largest absolute Gasteiger partial charge is 0.465 e. The molecule has 1 saturated heterocycles. The molecule has 140 valence electrons. The molecular formula is C18H17ClFN5O2. The summed E-state index contributed by atoms with van der Waals surface area (Å²) in [5, 5.41) is 17.1. The molecule has 3 heterocycles. The summed E-state index contributed by atoms with van der Waals surface area (Å²) >= 11 is 6.20. The number of hydrogen-bond donors (Lipinski definition) is 2. The number of piperidine rings is 1. The Morgan fingerprint density at radius 3 is 2.74 bits per heavy atom. The number of amides is 1. The summed E-state index contributed by atoms with van der Waals surface area (Å²) in [5.74, 6) is 0.0710. The zero-order valence-corrected chi connectivity index (χ0v) is 15.0. The van der Waals surface area contributed by atoms with Gasteiger partial charge in [0.2, 0.25) is 5.95 Å². The number of rotatable bonds is 3. The second kappa shape index (κ2) is 7.03. The predicted octanol–water partition coefficient (Wildman–Crippen LogP) is 3.74. The average molecular weight is 390 g/mol. The van der Waals surface area contributed by atoms with E-state index in [1.54, 1.807) is 16.8 Å². The first kappa shape index (κ1) is 17.5. The highest BCUT2D eigenvalue weighted by molar-refractivity contribution is 6.33. The molecule has 4 rings (SSSR count). The molecule has 7 nitrogen and oxygen atoms in total. The Bertz CT molecular complexity index is 1000. The van der Waals surface area contributed by atoms with Crippen LogP contribution in [-0.4, -0.2) is 49.8 Å². The number of benzene rings is 1. The number of halogens is 2. The molecule has 9 heteroatoms. The Balaban J connectivity index is 1.59. The van der Waals surface area contributed by atoms with E-state index in [1.165, 1.54) is 17.0 Å². The smallest absolute Gasteiger partial charge is 0.407 e. The van der Waals surface area contributed by atoms with E-state index in [4.69, 9.17) is 16.7 Å².